The van der Waals surface area contributed by atoms with Crippen molar-refractivity contribution in [2.75, 3.05) is 6.54 Å². The van der Waals surface area contributed by atoms with E-state index in [0.29, 0.717) is 5.69 Å². The molecule has 3 rings (SSSR count). The molecule has 118 valence electrons. The van der Waals surface area contributed by atoms with Gasteiger partial charge in [0, 0.05) is 18.5 Å². The number of likely N-dealkylation sites (tertiary alicyclic amines) is 1. The Kier molecular flexibility index (Phi) is 4.03. The number of carbonyl (C=O) groups is 2. The first-order chi connectivity index (χ1) is 11.1. The third-order valence-corrected chi connectivity index (χ3v) is 3.80. The van der Waals surface area contributed by atoms with Crippen molar-refractivity contribution in [1.29, 1.82) is 0 Å². The molecule has 7 heteroatoms. The molecule has 1 aromatic heterocycles. The molecule has 0 aliphatic carbocycles. The van der Waals surface area contributed by atoms with Crippen molar-refractivity contribution in [1.82, 2.24) is 15.1 Å². The number of aliphatic hydroxyl groups is 1. The summed E-state index contributed by atoms with van der Waals surface area (Å²) < 4.78 is 0. The van der Waals surface area contributed by atoms with Crippen LogP contribution in [0.5, 0.6) is 0 Å². The van der Waals surface area contributed by atoms with Crippen LogP contribution in [0.3, 0.4) is 0 Å². The van der Waals surface area contributed by atoms with E-state index in [4.69, 9.17) is 0 Å². The fraction of sp³-hybridized carbons (Fsp3) is 0.250. The molecule has 1 aromatic carbocycles. The van der Waals surface area contributed by atoms with E-state index in [2.05, 4.69) is 10.2 Å². The monoisotopic (exact) mass is 313 g/mol. The highest BCUT2D eigenvalue weighted by molar-refractivity contribution is 5.97. The average molecular weight is 313 g/mol. The molecule has 1 fully saturated rings. The lowest BCUT2D eigenvalue weighted by atomic mass is 10.1. The summed E-state index contributed by atoms with van der Waals surface area (Å²) in [6.07, 6.45) is 0.507. The first-order valence-corrected chi connectivity index (χ1v) is 7.16. The van der Waals surface area contributed by atoms with Gasteiger partial charge in [0.1, 0.15) is 6.04 Å². The third kappa shape index (κ3) is 3.04. The smallest absolute Gasteiger partial charge is 0.326 e. The number of carboxylic acid groups (broad SMARTS) is 1. The molecule has 2 atom stereocenters. The fourth-order valence-corrected chi connectivity index (χ4v) is 2.67. The lowest BCUT2D eigenvalue weighted by molar-refractivity contribution is -0.141. The molecule has 2 N–H and O–H groups in total. The highest BCUT2D eigenvalue weighted by Gasteiger charge is 2.39. The standard InChI is InChI=1S/C16H15N3O4/c20-12-7-14(16(22)23)19(9-12)15(21)11-6-13(18-17-8-11)10-4-2-1-3-5-10/h1-6,8,12,14,20H,7,9H2,(H,22,23)/t12-,14-/m0/s1. The molecule has 23 heavy (non-hydrogen) atoms. The first-order valence-electron chi connectivity index (χ1n) is 7.16. The molecule has 0 saturated carbocycles. The number of nitrogens with zero attached hydrogens (tertiary/aromatic N) is 3. The number of rotatable bonds is 3. The second-order valence-electron chi connectivity index (χ2n) is 5.40. The van der Waals surface area contributed by atoms with Crippen LogP contribution in [0.15, 0.2) is 42.6 Å². The lowest BCUT2D eigenvalue weighted by Crippen LogP contribution is -2.40. The number of benzene rings is 1. The number of aliphatic carboxylic acids is 1. The number of hydrogen-bond donors (Lipinski definition) is 2. The summed E-state index contributed by atoms with van der Waals surface area (Å²) in [6.45, 7) is -0.00120. The van der Waals surface area contributed by atoms with Crippen LogP contribution in [-0.2, 0) is 4.79 Å². The molecule has 0 spiro atoms. The highest BCUT2D eigenvalue weighted by Crippen LogP contribution is 2.22. The van der Waals surface area contributed by atoms with Crippen LogP contribution < -0.4 is 0 Å². The zero-order valence-corrected chi connectivity index (χ0v) is 12.2. The van der Waals surface area contributed by atoms with Gasteiger partial charge in [-0.15, -0.1) is 0 Å². The van der Waals surface area contributed by atoms with Gasteiger partial charge in [-0.25, -0.2) is 4.79 Å². The van der Waals surface area contributed by atoms with Gasteiger partial charge in [0.2, 0.25) is 0 Å². The molecular weight excluding hydrogens is 298 g/mol. The summed E-state index contributed by atoms with van der Waals surface area (Å²) in [7, 11) is 0. The Morgan fingerprint density at radius 1 is 1.22 bits per heavy atom. The summed E-state index contributed by atoms with van der Waals surface area (Å²) in [5.41, 5.74) is 1.59. The summed E-state index contributed by atoms with van der Waals surface area (Å²) in [5.74, 6) is -1.60. The molecule has 0 radical (unpaired) electrons. The zero-order valence-electron chi connectivity index (χ0n) is 12.2. The number of carbonyl (C=O) groups excluding carboxylic acids is 1. The van der Waals surface area contributed by atoms with Crippen molar-refractivity contribution in [2.45, 2.75) is 18.6 Å². The largest absolute Gasteiger partial charge is 0.480 e. The molecule has 2 aromatic rings. The predicted molar refractivity (Wildman–Crippen MR) is 80.6 cm³/mol. The summed E-state index contributed by atoms with van der Waals surface area (Å²) in [5, 5.41) is 26.7. The van der Waals surface area contributed by atoms with Gasteiger partial charge in [0.05, 0.1) is 23.6 Å². The van der Waals surface area contributed by atoms with Gasteiger partial charge >= 0.3 is 5.97 Å². The topological polar surface area (TPSA) is 104 Å². The van der Waals surface area contributed by atoms with Crippen LogP contribution >= 0.6 is 0 Å². The molecular formula is C16H15N3O4. The van der Waals surface area contributed by atoms with Gasteiger partial charge in [0.25, 0.3) is 5.91 Å². The number of carboxylic acids is 1. The van der Waals surface area contributed by atoms with Crippen molar-refractivity contribution in [2.24, 2.45) is 0 Å². The predicted octanol–water partition coefficient (Wildman–Crippen LogP) is 0.804. The van der Waals surface area contributed by atoms with Crippen LogP contribution in [0.1, 0.15) is 16.8 Å². The van der Waals surface area contributed by atoms with Crippen molar-refractivity contribution < 1.29 is 19.8 Å². The van der Waals surface area contributed by atoms with E-state index in [9.17, 15) is 19.8 Å². The van der Waals surface area contributed by atoms with Crippen LogP contribution in [0, 0.1) is 0 Å². The summed E-state index contributed by atoms with van der Waals surface area (Å²) >= 11 is 0. The molecule has 1 aliphatic rings. The summed E-state index contributed by atoms with van der Waals surface area (Å²) in [4.78, 5) is 25.0. The van der Waals surface area contributed by atoms with Crippen molar-refractivity contribution >= 4 is 11.9 Å². The van der Waals surface area contributed by atoms with Crippen LogP contribution in [-0.4, -0.2) is 55.9 Å². The lowest BCUT2D eigenvalue weighted by Gasteiger charge is -2.21. The molecule has 0 bridgehead atoms. The van der Waals surface area contributed by atoms with Crippen molar-refractivity contribution in [3.63, 3.8) is 0 Å². The van der Waals surface area contributed by atoms with E-state index in [0.717, 1.165) is 5.56 Å². The fourth-order valence-electron chi connectivity index (χ4n) is 2.67. The van der Waals surface area contributed by atoms with E-state index in [-0.39, 0.29) is 18.5 Å². The highest BCUT2D eigenvalue weighted by atomic mass is 16.4. The Hall–Kier alpha value is -2.80. The van der Waals surface area contributed by atoms with Gasteiger partial charge in [-0.2, -0.15) is 10.2 Å². The molecule has 2 heterocycles. The van der Waals surface area contributed by atoms with Gasteiger partial charge in [0.15, 0.2) is 0 Å². The maximum atomic E-state index is 12.6. The first kappa shape index (κ1) is 15.1. The zero-order chi connectivity index (χ0) is 16.4. The van der Waals surface area contributed by atoms with E-state index in [1.165, 1.54) is 11.1 Å². The van der Waals surface area contributed by atoms with Crippen LogP contribution in [0.25, 0.3) is 11.3 Å². The van der Waals surface area contributed by atoms with Gasteiger partial charge in [-0.3, -0.25) is 4.79 Å². The third-order valence-electron chi connectivity index (χ3n) is 3.80. The Balaban J connectivity index is 1.90. The van der Waals surface area contributed by atoms with E-state index in [1.54, 1.807) is 6.07 Å². The van der Waals surface area contributed by atoms with Gasteiger partial charge in [-0.05, 0) is 6.07 Å². The Morgan fingerprint density at radius 2 is 1.96 bits per heavy atom. The van der Waals surface area contributed by atoms with Crippen molar-refractivity contribution in [3.8, 4) is 11.3 Å². The van der Waals surface area contributed by atoms with E-state index in [1.807, 2.05) is 30.3 Å². The number of β-amino-alcohol motifs (C(OH)–C–C–N with tert-alkyl or cyclic N) is 1. The maximum Gasteiger partial charge on any atom is 0.326 e. The minimum Gasteiger partial charge on any atom is -0.480 e. The number of aromatic nitrogens is 2. The normalized spacial score (nSPS) is 20.5. The second kappa shape index (κ2) is 6.13. The molecule has 1 aliphatic heterocycles. The second-order valence-corrected chi connectivity index (χ2v) is 5.40. The minimum absolute atomic E-state index is 0.00120. The maximum absolute atomic E-state index is 12.6. The quantitative estimate of drug-likeness (QED) is 0.869. The Bertz CT molecular complexity index is 735. The minimum atomic E-state index is -1.12. The number of hydrogen-bond acceptors (Lipinski definition) is 5. The SMILES string of the molecule is O=C(O)[C@@H]1C[C@H](O)CN1C(=O)c1cnnc(-c2ccccc2)c1. The van der Waals surface area contributed by atoms with E-state index < -0.39 is 24.0 Å². The van der Waals surface area contributed by atoms with Crippen molar-refractivity contribution in [3.05, 3.63) is 48.2 Å². The van der Waals surface area contributed by atoms with Gasteiger partial charge in [-0.1, -0.05) is 30.3 Å². The number of aliphatic hydroxyl groups excluding tert-OH is 1. The van der Waals surface area contributed by atoms with Gasteiger partial charge < -0.3 is 15.1 Å². The molecule has 1 amide bonds. The number of amides is 1. The van der Waals surface area contributed by atoms with Crippen LogP contribution in [0.4, 0.5) is 0 Å². The Labute approximate surface area is 132 Å². The Morgan fingerprint density at radius 3 is 2.65 bits per heavy atom. The van der Waals surface area contributed by atoms with Crippen LogP contribution in [0.2, 0.25) is 0 Å². The average Bonchev–Trinajstić information content (AvgIpc) is 2.97. The van der Waals surface area contributed by atoms with E-state index >= 15 is 0 Å². The molecule has 0 unspecified atom stereocenters. The summed E-state index contributed by atoms with van der Waals surface area (Å²) in [6, 6.07) is 9.82. The molecule has 7 nitrogen and oxygen atoms in total. The molecule has 1 saturated heterocycles.